The third-order valence-corrected chi connectivity index (χ3v) is 3.55. The van der Waals surface area contributed by atoms with Gasteiger partial charge in [0.15, 0.2) is 0 Å². The highest BCUT2D eigenvalue weighted by atomic mass is 15.3. The first-order valence-corrected chi connectivity index (χ1v) is 7.01. The van der Waals surface area contributed by atoms with Crippen LogP contribution >= 0.6 is 0 Å². The molecule has 1 saturated carbocycles. The molecular weight excluding hydrogens is 252 g/mol. The van der Waals surface area contributed by atoms with Crippen LogP contribution in [-0.4, -0.2) is 25.8 Å². The second-order valence-corrected chi connectivity index (χ2v) is 5.49. The molecule has 2 heterocycles. The molecule has 0 aromatic carbocycles. The van der Waals surface area contributed by atoms with Crippen molar-refractivity contribution < 1.29 is 0 Å². The van der Waals surface area contributed by atoms with E-state index in [2.05, 4.69) is 27.3 Å². The first kappa shape index (κ1) is 12.9. The molecule has 2 aromatic rings. The van der Waals surface area contributed by atoms with Gasteiger partial charge in [-0.3, -0.25) is 4.68 Å². The van der Waals surface area contributed by atoms with Gasteiger partial charge in [0.2, 0.25) is 0 Å². The Morgan fingerprint density at radius 3 is 2.90 bits per heavy atom. The van der Waals surface area contributed by atoms with Crippen molar-refractivity contribution in [3.8, 4) is 0 Å². The SMILES string of the molecule is Cc1c(N)nc(C2CC2)nc1NC(C)Cn1cccn1. The molecule has 1 aliphatic carbocycles. The molecule has 20 heavy (non-hydrogen) atoms. The Hall–Kier alpha value is -2.11. The maximum atomic E-state index is 5.99. The summed E-state index contributed by atoms with van der Waals surface area (Å²) in [6, 6.07) is 2.14. The van der Waals surface area contributed by atoms with Gasteiger partial charge in [0.1, 0.15) is 17.5 Å². The summed E-state index contributed by atoms with van der Waals surface area (Å²) in [5.41, 5.74) is 6.91. The molecule has 1 atom stereocenters. The van der Waals surface area contributed by atoms with E-state index in [0.29, 0.717) is 11.7 Å². The molecular formula is C14H20N6. The van der Waals surface area contributed by atoms with E-state index in [4.69, 9.17) is 5.73 Å². The summed E-state index contributed by atoms with van der Waals surface area (Å²) in [7, 11) is 0. The minimum absolute atomic E-state index is 0.218. The van der Waals surface area contributed by atoms with E-state index in [1.165, 1.54) is 12.8 Å². The largest absolute Gasteiger partial charge is 0.383 e. The molecule has 0 aliphatic heterocycles. The van der Waals surface area contributed by atoms with Crippen LogP contribution in [-0.2, 0) is 6.54 Å². The molecule has 0 saturated heterocycles. The van der Waals surface area contributed by atoms with Crippen molar-refractivity contribution in [3.63, 3.8) is 0 Å². The number of hydrogen-bond acceptors (Lipinski definition) is 5. The number of nitrogens with one attached hydrogen (secondary N) is 1. The molecule has 0 bridgehead atoms. The highest BCUT2D eigenvalue weighted by Gasteiger charge is 2.28. The lowest BCUT2D eigenvalue weighted by Crippen LogP contribution is -2.24. The van der Waals surface area contributed by atoms with Crippen molar-refractivity contribution in [2.45, 2.75) is 45.2 Å². The number of nitrogens with two attached hydrogens (primary N) is 1. The van der Waals surface area contributed by atoms with E-state index in [1.54, 1.807) is 6.20 Å². The molecule has 6 heteroatoms. The van der Waals surface area contributed by atoms with Gasteiger partial charge in [-0.05, 0) is 32.8 Å². The molecule has 1 aliphatic rings. The Bertz CT molecular complexity index is 588. The highest BCUT2D eigenvalue weighted by molar-refractivity contribution is 5.55. The van der Waals surface area contributed by atoms with Crippen molar-refractivity contribution in [1.29, 1.82) is 0 Å². The van der Waals surface area contributed by atoms with E-state index in [-0.39, 0.29) is 6.04 Å². The van der Waals surface area contributed by atoms with Gasteiger partial charge in [-0.15, -0.1) is 0 Å². The van der Waals surface area contributed by atoms with Gasteiger partial charge in [-0.1, -0.05) is 0 Å². The predicted molar refractivity (Wildman–Crippen MR) is 78.5 cm³/mol. The second-order valence-electron chi connectivity index (χ2n) is 5.49. The van der Waals surface area contributed by atoms with E-state index in [0.717, 1.165) is 23.8 Å². The van der Waals surface area contributed by atoms with Crippen LogP contribution in [0.4, 0.5) is 11.6 Å². The average molecular weight is 272 g/mol. The third-order valence-electron chi connectivity index (χ3n) is 3.55. The average Bonchev–Trinajstić information content (AvgIpc) is 3.14. The number of aromatic nitrogens is 4. The zero-order valence-electron chi connectivity index (χ0n) is 11.9. The van der Waals surface area contributed by atoms with Gasteiger partial charge < -0.3 is 11.1 Å². The molecule has 1 unspecified atom stereocenters. The van der Waals surface area contributed by atoms with Crippen molar-refractivity contribution in [1.82, 2.24) is 19.7 Å². The first-order chi connectivity index (χ1) is 9.63. The van der Waals surface area contributed by atoms with Crippen LogP contribution in [0, 0.1) is 6.92 Å². The van der Waals surface area contributed by atoms with Gasteiger partial charge in [-0.2, -0.15) is 5.10 Å². The quantitative estimate of drug-likeness (QED) is 0.869. The predicted octanol–water partition coefficient (Wildman–Crippen LogP) is 1.94. The fourth-order valence-electron chi connectivity index (χ4n) is 2.18. The molecule has 0 amide bonds. The van der Waals surface area contributed by atoms with Gasteiger partial charge in [-0.25, -0.2) is 9.97 Å². The Balaban J connectivity index is 1.75. The lowest BCUT2D eigenvalue weighted by Gasteiger charge is -2.17. The van der Waals surface area contributed by atoms with Crippen molar-refractivity contribution >= 4 is 11.6 Å². The van der Waals surface area contributed by atoms with Gasteiger partial charge >= 0.3 is 0 Å². The Morgan fingerprint density at radius 2 is 2.25 bits per heavy atom. The molecule has 2 aromatic heterocycles. The Labute approximate surface area is 118 Å². The summed E-state index contributed by atoms with van der Waals surface area (Å²) >= 11 is 0. The van der Waals surface area contributed by atoms with E-state index < -0.39 is 0 Å². The Kier molecular flexibility index (Phi) is 3.30. The van der Waals surface area contributed by atoms with Crippen LogP contribution in [0.1, 0.15) is 37.1 Å². The van der Waals surface area contributed by atoms with Crippen molar-refractivity contribution in [2.24, 2.45) is 0 Å². The first-order valence-electron chi connectivity index (χ1n) is 7.01. The van der Waals surface area contributed by atoms with Crippen molar-refractivity contribution in [2.75, 3.05) is 11.1 Å². The fraction of sp³-hybridized carbons (Fsp3) is 0.500. The molecule has 106 valence electrons. The van der Waals surface area contributed by atoms with Crippen molar-refractivity contribution in [3.05, 3.63) is 29.8 Å². The number of nitrogens with zero attached hydrogens (tertiary/aromatic N) is 4. The maximum Gasteiger partial charge on any atom is 0.136 e. The number of nitrogen functional groups attached to an aromatic ring is 1. The smallest absolute Gasteiger partial charge is 0.136 e. The van der Waals surface area contributed by atoms with Crippen LogP contribution in [0.25, 0.3) is 0 Å². The van der Waals surface area contributed by atoms with Gasteiger partial charge in [0.25, 0.3) is 0 Å². The maximum absolute atomic E-state index is 5.99. The van der Waals surface area contributed by atoms with E-state index in [9.17, 15) is 0 Å². The summed E-state index contributed by atoms with van der Waals surface area (Å²) in [6.07, 6.45) is 6.08. The summed E-state index contributed by atoms with van der Waals surface area (Å²) in [5.74, 6) is 2.80. The summed E-state index contributed by atoms with van der Waals surface area (Å²) in [4.78, 5) is 9.02. The van der Waals surface area contributed by atoms with Crippen LogP contribution in [0.2, 0.25) is 0 Å². The third kappa shape index (κ3) is 2.74. The highest BCUT2D eigenvalue weighted by Crippen LogP contribution is 2.39. The monoisotopic (exact) mass is 272 g/mol. The van der Waals surface area contributed by atoms with E-state index >= 15 is 0 Å². The normalized spacial score (nSPS) is 16.1. The summed E-state index contributed by atoms with van der Waals surface area (Å²) in [5, 5.41) is 7.63. The molecule has 6 nitrogen and oxygen atoms in total. The zero-order chi connectivity index (χ0) is 14.1. The topological polar surface area (TPSA) is 81.6 Å². The number of anilines is 2. The minimum atomic E-state index is 0.218. The Morgan fingerprint density at radius 1 is 1.45 bits per heavy atom. The van der Waals surface area contributed by atoms with Crippen LogP contribution in [0.3, 0.4) is 0 Å². The minimum Gasteiger partial charge on any atom is -0.383 e. The van der Waals surface area contributed by atoms with E-state index in [1.807, 2.05) is 23.9 Å². The standard InChI is InChI=1S/C14H20N6/c1-9(8-20-7-3-6-16-20)17-13-10(2)12(15)18-14(19-13)11-4-5-11/h3,6-7,9,11H,4-5,8H2,1-2H3,(H3,15,17,18,19). The summed E-state index contributed by atoms with van der Waals surface area (Å²) in [6.45, 7) is 4.85. The molecule has 3 rings (SSSR count). The van der Waals surface area contributed by atoms with Crippen LogP contribution < -0.4 is 11.1 Å². The molecule has 0 spiro atoms. The molecule has 1 fully saturated rings. The van der Waals surface area contributed by atoms with Crippen LogP contribution in [0.15, 0.2) is 18.5 Å². The number of hydrogen-bond donors (Lipinski definition) is 2. The molecule has 0 radical (unpaired) electrons. The van der Waals surface area contributed by atoms with Crippen LogP contribution in [0.5, 0.6) is 0 Å². The summed E-state index contributed by atoms with van der Waals surface area (Å²) < 4.78 is 1.90. The number of rotatable bonds is 5. The second kappa shape index (κ2) is 5.11. The lowest BCUT2D eigenvalue weighted by molar-refractivity contribution is 0.559. The van der Waals surface area contributed by atoms with Gasteiger partial charge in [0, 0.05) is 29.9 Å². The zero-order valence-corrected chi connectivity index (χ0v) is 11.9. The lowest BCUT2D eigenvalue weighted by atomic mass is 10.2. The molecule has 3 N–H and O–H groups in total. The fourth-order valence-corrected chi connectivity index (χ4v) is 2.18. The van der Waals surface area contributed by atoms with Gasteiger partial charge in [0.05, 0.1) is 6.54 Å².